The van der Waals surface area contributed by atoms with Crippen molar-refractivity contribution in [2.24, 2.45) is 0 Å². The number of methoxy groups -OCH3 is 2. The fraction of sp³-hybridized carbons (Fsp3) is 0.409. The van der Waals surface area contributed by atoms with Crippen LogP contribution in [0.15, 0.2) is 41.2 Å². The van der Waals surface area contributed by atoms with Crippen molar-refractivity contribution < 1.29 is 22.4 Å². The fourth-order valence-electron chi connectivity index (χ4n) is 4.20. The lowest BCUT2D eigenvalue weighted by molar-refractivity contribution is 0.0950. The van der Waals surface area contributed by atoms with Gasteiger partial charge in [-0.15, -0.1) is 10.2 Å². The van der Waals surface area contributed by atoms with E-state index in [1.54, 1.807) is 17.7 Å². The molecule has 1 aliphatic carbocycles. The molecule has 0 amide bonds. The second kappa shape index (κ2) is 9.39. The third kappa shape index (κ3) is 4.32. The highest BCUT2D eigenvalue weighted by Gasteiger charge is 2.49. The standard InChI is InChI=1S/C22H24ClN7O5S/c1-13(18(34-3)19-24-10-14(23)11-25-19)36(31,32)29-21-27-26-20(30(21)22(8-9-22)12-33-2)17-15-6-4-5-7-16(15)35-28-17/h4-7,10-11,13,18H,8-9,12H2,1-3H3,(H,27,29)/t13-,18-/m0/s1. The maximum Gasteiger partial charge on any atom is 0.240 e. The first kappa shape index (κ1) is 24.6. The molecule has 14 heteroatoms. The van der Waals surface area contributed by atoms with E-state index in [1.165, 1.54) is 26.4 Å². The van der Waals surface area contributed by atoms with Crippen molar-refractivity contribution in [3.05, 3.63) is 47.5 Å². The van der Waals surface area contributed by atoms with Gasteiger partial charge in [0.25, 0.3) is 0 Å². The van der Waals surface area contributed by atoms with Gasteiger partial charge in [-0.05, 0) is 31.9 Å². The number of aromatic nitrogens is 6. The lowest BCUT2D eigenvalue weighted by atomic mass is 10.2. The minimum atomic E-state index is -4.05. The Balaban J connectivity index is 1.54. The molecule has 1 aromatic carbocycles. The highest BCUT2D eigenvalue weighted by atomic mass is 35.5. The lowest BCUT2D eigenvalue weighted by Crippen LogP contribution is -2.35. The summed E-state index contributed by atoms with van der Waals surface area (Å²) in [5.74, 6) is 0.614. The van der Waals surface area contributed by atoms with Gasteiger partial charge in [-0.25, -0.2) is 18.4 Å². The molecule has 12 nitrogen and oxygen atoms in total. The SMILES string of the molecule is COCC1(n2c(NS(=O)(=O)[C@@H](C)[C@H](OC)c3ncc(Cl)cn3)nnc2-c2noc3ccccc23)CC1. The molecule has 5 rings (SSSR count). The molecule has 1 saturated carbocycles. The Labute approximate surface area is 212 Å². The van der Waals surface area contributed by atoms with Crippen molar-refractivity contribution >= 4 is 38.5 Å². The lowest BCUT2D eigenvalue weighted by Gasteiger charge is -2.24. The molecule has 0 saturated heterocycles. The first-order valence-electron chi connectivity index (χ1n) is 11.1. The summed E-state index contributed by atoms with van der Waals surface area (Å²) in [5, 5.41) is 12.7. The molecule has 0 bridgehead atoms. The molecule has 1 N–H and O–H groups in total. The average Bonchev–Trinajstić information content (AvgIpc) is 3.32. The minimum Gasteiger partial charge on any atom is -0.382 e. The molecule has 0 spiro atoms. The zero-order chi connectivity index (χ0) is 25.5. The first-order chi connectivity index (χ1) is 17.3. The van der Waals surface area contributed by atoms with Crippen LogP contribution in [-0.4, -0.2) is 64.4 Å². The van der Waals surface area contributed by atoms with Crippen LogP contribution < -0.4 is 4.72 Å². The van der Waals surface area contributed by atoms with Gasteiger partial charge in [0.05, 0.1) is 22.6 Å². The van der Waals surface area contributed by atoms with Crippen LogP contribution in [0.3, 0.4) is 0 Å². The van der Waals surface area contributed by atoms with Crippen LogP contribution in [0.4, 0.5) is 5.95 Å². The second-order valence-electron chi connectivity index (χ2n) is 8.64. The van der Waals surface area contributed by atoms with Crippen molar-refractivity contribution in [1.82, 2.24) is 29.9 Å². The summed E-state index contributed by atoms with van der Waals surface area (Å²) >= 11 is 5.87. The first-order valence-corrected chi connectivity index (χ1v) is 13.0. The molecular weight excluding hydrogens is 510 g/mol. The Morgan fingerprint density at radius 3 is 2.58 bits per heavy atom. The largest absolute Gasteiger partial charge is 0.382 e. The summed E-state index contributed by atoms with van der Waals surface area (Å²) in [6.45, 7) is 1.85. The van der Waals surface area contributed by atoms with Crippen molar-refractivity contribution in [1.29, 1.82) is 0 Å². The number of rotatable bonds is 10. The number of ether oxygens (including phenoxy) is 2. The topological polar surface area (TPSA) is 147 Å². The van der Waals surface area contributed by atoms with Gasteiger partial charge < -0.3 is 14.0 Å². The van der Waals surface area contributed by atoms with Crippen molar-refractivity contribution in [2.45, 2.75) is 36.7 Å². The van der Waals surface area contributed by atoms with Crippen LogP contribution in [0.25, 0.3) is 22.5 Å². The summed E-state index contributed by atoms with van der Waals surface area (Å²) in [6.07, 6.45) is 3.32. The Morgan fingerprint density at radius 1 is 1.19 bits per heavy atom. The molecule has 0 unspecified atom stereocenters. The second-order valence-corrected chi connectivity index (χ2v) is 11.1. The van der Waals surface area contributed by atoms with Crippen molar-refractivity contribution in [3.8, 4) is 11.5 Å². The van der Waals surface area contributed by atoms with E-state index < -0.39 is 26.9 Å². The highest BCUT2D eigenvalue weighted by molar-refractivity contribution is 7.93. The number of hydrogen-bond donors (Lipinski definition) is 1. The van der Waals surface area contributed by atoms with Crippen LogP contribution in [-0.2, 0) is 25.0 Å². The smallest absolute Gasteiger partial charge is 0.240 e. The third-order valence-corrected chi connectivity index (χ3v) is 8.15. The number of fused-ring (bicyclic) bond motifs is 1. The Kier molecular flexibility index (Phi) is 6.41. The molecule has 0 aliphatic heterocycles. The van der Waals surface area contributed by atoms with Gasteiger partial charge in [0, 0.05) is 26.6 Å². The maximum atomic E-state index is 13.5. The van der Waals surface area contributed by atoms with Gasteiger partial charge in [0.1, 0.15) is 11.4 Å². The van der Waals surface area contributed by atoms with Crippen molar-refractivity contribution in [2.75, 3.05) is 25.5 Å². The molecule has 0 radical (unpaired) electrons. The van der Waals surface area contributed by atoms with E-state index in [2.05, 4.69) is 30.0 Å². The summed E-state index contributed by atoms with van der Waals surface area (Å²) in [5.41, 5.74) is 0.526. The van der Waals surface area contributed by atoms with E-state index in [0.717, 1.165) is 18.2 Å². The molecule has 2 atom stereocenters. The molecule has 1 fully saturated rings. The zero-order valence-electron chi connectivity index (χ0n) is 19.8. The highest BCUT2D eigenvalue weighted by Crippen LogP contribution is 2.48. The summed E-state index contributed by atoms with van der Waals surface area (Å²) < 4.78 is 47.7. The van der Waals surface area contributed by atoms with Gasteiger partial charge in [0.2, 0.25) is 16.0 Å². The average molecular weight is 534 g/mol. The van der Waals surface area contributed by atoms with Crippen LogP contribution in [0.5, 0.6) is 0 Å². The van der Waals surface area contributed by atoms with E-state index in [4.69, 9.17) is 25.6 Å². The number of benzene rings is 1. The van der Waals surface area contributed by atoms with Crippen molar-refractivity contribution in [3.63, 3.8) is 0 Å². The third-order valence-electron chi connectivity index (χ3n) is 6.26. The molecule has 3 aromatic heterocycles. The van der Waals surface area contributed by atoms with E-state index in [0.29, 0.717) is 28.7 Å². The Bertz CT molecular complexity index is 1480. The predicted molar refractivity (Wildman–Crippen MR) is 131 cm³/mol. The van der Waals surface area contributed by atoms with Crippen LogP contribution in [0, 0.1) is 0 Å². The van der Waals surface area contributed by atoms with Crippen LogP contribution >= 0.6 is 11.6 Å². The van der Waals surface area contributed by atoms with Gasteiger partial charge in [-0.3, -0.25) is 9.29 Å². The number of sulfonamides is 1. The number of para-hydroxylation sites is 1. The summed E-state index contributed by atoms with van der Waals surface area (Å²) in [4.78, 5) is 8.24. The molecular formula is C22H24ClN7O5S. The maximum absolute atomic E-state index is 13.5. The monoisotopic (exact) mass is 533 g/mol. The normalized spacial score (nSPS) is 16.7. The fourth-order valence-corrected chi connectivity index (χ4v) is 5.43. The van der Waals surface area contributed by atoms with Gasteiger partial charge in [0.15, 0.2) is 22.9 Å². The summed E-state index contributed by atoms with van der Waals surface area (Å²) in [7, 11) is -1.06. The van der Waals surface area contributed by atoms with Gasteiger partial charge in [-0.1, -0.05) is 28.9 Å². The van der Waals surface area contributed by atoms with E-state index >= 15 is 0 Å². The van der Waals surface area contributed by atoms with E-state index in [-0.39, 0.29) is 11.8 Å². The molecule has 3 heterocycles. The van der Waals surface area contributed by atoms with E-state index in [1.807, 2.05) is 18.2 Å². The molecule has 1 aliphatic rings. The number of hydrogen-bond acceptors (Lipinski definition) is 10. The molecule has 190 valence electrons. The van der Waals surface area contributed by atoms with E-state index in [9.17, 15) is 8.42 Å². The quantitative estimate of drug-likeness (QED) is 0.322. The number of nitrogens with one attached hydrogen (secondary N) is 1. The summed E-state index contributed by atoms with van der Waals surface area (Å²) in [6, 6.07) is 7.36. The van der Waals surface area contributed by atoms with Gasteiger partial charge in [-0.2, -0.15) is 0 Å². The predicted octanol–water partition coefficient (Wildman–Crippen LogP) is 3.18. The molecule has 36 heavy (non-hydrogen) atoms. The Hall–Kier alpha value is -3.13. The number of nitrogens with zero attached hydrogens (tertiary/aromatic N) is 6. The zero-order valence-corrected chi connectivity index (χ0v) is 21.3. The Morgan fingerprint density at radius 2 is 1.92 bits per heavy atom. The molecule has 4 aromatic rings. The number of anilines is 1. The minimum absolute atomic E-state index is 0.0466. The van der Waals surface area contributed by atoms with Gasteiger partial charge >= 0.3 is 0 Å². The van der Waals surface area contributed by atoms with Crippen LogP contribution in [0.2, 0.25) is 5.02 Å². The number of halogens is 1. The van der Waals surface area contributed by atoms with Crippen LogP contribution in [0.1, 0.15) is 31.7 Å².